The van der Waals surface area contributed by atoms with E-state index in [2.05, 4.69) is 15.3 Å². The second-order valence-electron chi connectivity index (χ2n) is 6.78. The summed E-state index contributed by atoms with van der Waals surface area (Å²) in [4.78, 5) is 9.14. The molecule has 148 valence electrons. The number of methoxy groups -OCH3 is 2. The highest BCUT2D eigenvalue weighted by Crippen LogP contribution is 2.35. The van der Waals surface area contributed by atoms with Gasteiger partial charge in [0.15, 0.2) is 11.5 Å². The number of ether oxygens (including phenoxy) is 2. The second kappa shape index (κ2) is 7.83. The van der Waals surface area contributed by atoms with E-state index in [-0.39, 0.29) is 6.04 Å². The van der Waals surface area contributed by atoms with Crippen LogP contribution in [0.25, 0.3) is 22.2 Å². The van der Waals surface area contributed by atoms with E-state index in [1.165, 1.54) is 0 Å². The molecule has 2 heterocycles. The predicted molar refractivity (Wildman–Crippen MR) is 114 cm³/mol. The van der Waals surface area contributed by atoms with Gasteiger partial charge >= 0.3 is 0 Å². The van der Waals surface area contributed by atoms with Crippen LogP contribution in [0.15, 0.2) is 59.0 Å². The van der Waals surface area contributed by atoms with E-state index in [9.17, 15) is 0 Å². The Morgan fingerprint density at radius 3 is 2.38 bits per heavy atom. The van der Waals surface area contributed by atoms with E-state index < -0.39 is 0 Å². The number of furan rings is 1. The van der Waals surface area contributed by atoms with Gasteiger partial charge in [-0.05, 0) is 32.0 Å². The van der Waals surface area contributed by atoms with Gasteiger partial charge in [0.25, 0.3) is 0 Å². The van der Waals surface area contributed by atoms with Crippen LogP contribution in [-0.4, -0.2) is 24.2 Å². The largest absolute Gasteiger partial charge is 0.493 e. The molecule has 0 aliphatic rings. The summed E-state index contributed by atoms with van der Waals surface area (Å²) in [6.45, 7) is 3.91. The van der Waals surface area contributed by atoms with Crippen molar-refractivity contribution in [3.8, 4) is 22.8 Å². The summed E-state index contributed by atoms with van der Waals surface area (Å²) in [5, 5.41) is 4.31. The van der Waals surface area contributed by atoms with E-state index in [0.29, 0.717) is 17.3 Å². The molecule has 1 atom stereocenters. The Kier molecular flexibility index (Phi) is 5.08. The third-order valence-corrected chi connectivity index (χ3v) is 4.78. The molecule has 1 N–H and O–H groups in total. The lowest BCUT2D eigenvalue weighted by atomic mass is 10.1. The van der Waals surface area contributed by atoms with Crippen molar-refractivity contribution in [3.63, 3.8) is 0 Å². The molecule has 0 fully saturated rings. The zero-order valence-electron chi connectivity index (χ0n) is 16.9. The van der Waals surface area contributed by atoms with Gasteiger partial charge in [0.2, 0.25) is 0 Å². The van der Waals surface area contributed by atoms with Gasteiger partial charge in [0.05, 0.1) is 25.8 Å². The number of nitrogens with zero attached hydrogens (tertiary/aromatic N) is 2. The van der Waals surface area contributed by atoms with Gasteiger partial charge in [0, 0.05) is 17.0 Å². The van der Waals surface area contributed by atoms with Crippen LogP contribution in [0.2, 0.25) is 0 Å². The lowest BCUT2D eigenvalue weighted by Crippen LogP contribution is -2.09. The molecule has 0 amide bonds. The van der Waals surface area contributed by atoms with Crippen molar-refractivity contribution in [2.24, 2.45) is 0 Å². The smallest absolute Gasteiger partial charge is 0.162 e. The van der Waals surface area contributed by atoms with Crippen LogP contribution in [0.5, 0.6) is 11.5 Å². The fourth-order valence-electron chi connectivity index (χ4n) is 3.30. The van der Waals surface area contributed by atoms with Crippen LogP contribution < -0.4 is 14.8 Å². The summed E-state index contributed by atoms with van der Waals surface area (Å²) in [5.41, 5.74) is 1.83. The summed E-state index contributed by atoms with van der Waals surface area (Å²) in [7, 11) is 3.22. The molecule has 0 aliphatic heterocycles. The van der Waals surface area contributed by atoms with E-state index in [1.807, 2.05) is 68.4 Å². The molecule has 0 spiro atoms. The zero-order valence-corrected chi connectivity index (χ0v) is 16.9. The Balaban J connectivity index is 1.67. The highest BCUT2D eigenvalue weighted by Gasteiger charge is 2.16. The molecule has 0 radical (unpaired) electrons. The zero-order chi connectivity index (χ0) is 20.4. The number of hydrogen-bond donors (Lipinski definition) is 1. The number of fused-ring (bicyclic) bond motifs is 1. The molecule has 29 heavy (non-hydrogen) atoms. The number of aromatic nitrogens is 2. The van der Waals surface area contributed by atoms with E-state index in [1.54, 1.807) is 14.2 Å². The average Bonchev–Trinajstić information content (AvgIpc) is 3.24. The Hall–Kier alpha value is -3.54. The summed E-state index contributed by atoms with van der Waals surface area (Å²) in [6.07, 6.45) is 0. The molecule has 0 saturated carbocycles. The number of nitrogens with one attached hydrogen (secondary N) is 1. The molecule has 4 rings (SSSR count). The number of aryl methyl sites for hydroxylation is 1. The lowest BCUT2D eigenvalue weighted by Gasteiger charge is -2.16. The minimum Gasteiger partial charge on any atom is -0.493 e. The van der Waals surface area contributed by atoms with E-state index in [0.717, 1.165) is 33.8 Å². The number of benzene rings is 2. The summed E-state index contributed by atoms with van der Waals surface area (Å²) in [6, 6.07) is 17.7. The minimum atomic E-state index is -0.0851. The Morgan fingerprint density at radius 1 is 0.931 bits per heavy atom. The third kappa shape index (κ3) is 3.74. The van der Waals surface area contributed by atoms with Gasteiger partial charge in [-0.3, -0.25) is 0 Å². The topological polar surface area (TPSA) is 69.4 Å². The van der Waals surface area contributed by atoms with Gasteiger partial charge in [-0.15, -0.1) is 0 Å². The predicted octanol–water partition coefficient (Wildman–Crippen LogP) is 5.39. The van der Waals surface area contributed by atoms with Gasteiger partial charge < -0.3 is 19.2 Å². The van der Waals surface area contributed by atoms with Gasteiger partial charge in [0.1, 0.15) is 23.2 Å². The second-order valence-corrected chi connectivity index (χ2v) is 6.78. The molecular weight excluding hydrogens is 366 g/mol. The molecular formula is C23H23N3O3. The Morgan fingerprint density at radius 2 is 1.66 bits per heavy atom. The molecule has 6 nitrogen and oxygen atoms in total. The molecule has 0 aliphatic carbocycles. The Bertz CT molecular complexity index is 1140. The summed E-state index contributed by atoms with van der Waals surface area (Å²) in [5.74, 6) is 4.32. The molecule has 2 aromatic carbocycles. The van der Waals surface area contributed by atoms with Gasteiger partial charge in [-0.2, -0.15) is 0 Å². The maximum absolute atomic E-state index is 6.08. The van der Waals surface area contributed by atoms with Crippen LogP contribution in [0, 0.1) is 6.92 Å². The maximum Gasteiger partial charge on any atom is 0.162 e. The number of rotatable bonds is 6. The molecule has 0 saturated heterocycles. The first-order chi connectivity index (χ1) is 14.1. The van der Waals surface area contributed by atoms with Crippen molar-refractivity contribution >= 4 is 16.7 Å². The highest BCUT2D eigenvalue weighted by molar-refractivity contribution is 5.92. The standard InChI is InChI=1S/C23H23N3O3/c1-14(19-10-11-20(29-19)16-8-6-5-7-9-16)24-23-17-12-21(27-3)22(28-4)13-18(17)25-15(2)26-23/h5-14H,1-4H3,(H,24,25,26). The highest BCUT2D eigenvalue weighted by atomic mass is 16.5. The number of hydrogen-bond acceptors (Lipinski definition) is 6. The summed E-state index contributed by atoms with van der Waals surface area (Å²) >= 11 is 0. The molecule has 0 bridgehead atoms. The first kappa shape index (κ1) is 18.8. The maximum atomic E-state index is 6.08. The van der Waals surface area contributed by atoms with Crippen molar-refractivity contribution in [2.45, 2.75) is 19.9 Å². The van der Waals surface area contributed by atoms with Gasteiger partial charge in [-0.1, -0.05) is 30.3 Å². The minimum absolute atomic E-state index is 0.0851. The van der Waals surface area contributed by atoms with Crippen molar-refractivity contribution in [1.82, 2.24) is 9.97 Å². The Labute approximate surface area is 169 Å². The molecule has 2 aromatic heterocycles. The number of anilines is 1. The quantitative estimate of drug-likeness (QED) is 0.477. The summed E-state index contributed by atoms with van der Waals surface area (Å²) < 4.78 is 16.9. The normalized spacial score (nSPS) is 12.0. The molecule has 1 unspecified atom stereocenters. The van der Waals surface area contributed by atoms with Crippen LogP contribution >= 0.6 is 0 Å². The van der Waals surface area contributed by atoms with Crippen molar-refractivity contribution < 1.29 is 13.9 Å². The monoisotopic (exact) mass is 389 g/mol. The van der Waals surface area contributed by atoms with E-state index >= 15 is 0 Å². The van der Waals surface area contributed by atoms with Crippen LogP contribution in [0.1, 0.15) is 24.6 Å². The SMILES string of the molecule is COc1cc2nc(C)nc(NC(C)c3ccc(-c4ccccc4)o3)c2cc1OC. The van der Waals surface area contributed by atoms with Crippen molar-refractivity contribution in [3.05, 3.63) is 66.2 Å². The van der Waals surface area contributed by atoms with Crippen LogP contribution in [0.4, 0.5) is 5.82 Å². The van der Waals surface area contributed by atoms with Gasteiger partial charge in [-0.25, -0.2) is 9.97 Å². The average molecular weight is 389 g/mol. The van der Waals surface area contributed by atoms with Crippen LogP contribution in [-0.2, 0) is 0 Å². The van der Waals surface area contributed by atoms with Crippen molar-refractivity contribution in [2.75, 3.05) is 19.5 Å². The fourth-order valence-corrected chi connectivity index (χ4v) is 3.30. The first-order valence-corrected chi connectivity index (χ1v) is 9.41. The van der Waals surface area contributed by atoms with Crippen molar-refractivity contribution in [1.29, 1.82) is 0 Å². The molecule has 4 aromatic rings. The fraction of sp³-hybridized carbons (Fsp3) is 0.217. The van der Waals surface area contributed by atoms with Crippen LogP contribution in [0.3, 0.4) is 0 Å². The first-order valence-electron chi connectivity index (χ1n) is 9.41. The third-order valence-electron chi connectivity index (χ3n) is 4.78. The lowest BCUT2D eigenvalue weighted by molar-refractivity contribution is 0.356. The molecule has 6 heteroatoms. The van der Waals surface area contributed by atoms with E-state index in [4.69, 9.17) is 13.9 Å².